The number of fused-ring (bicyclic) bond motifs is 1. The molecular formula is C19H25N5O5S. The Labute approximate surface area is 174 Å². The molecule has 0 amide bonds. The summed E-state index contributed by atoms with van der Waals surface area (Å²) in [6.07, 6.45) is 2.04. The Bertz CT molecular complexity index is 1070. The molecule has 1 aromatic heterocycles. The van der Waals surface area contributed by atoms with Gasteiger partial charge < -0.3 is 15.7 Å². The summed E-state index contributed by atoms with van der Waals surface area (Å²) >= 11 is 0. The zero-order valence-electron chi connectivity index (χ0n) is 16.2. The fraction of sp³-hybridized carbons (Fsp3) is 0.474. The van der Waals surface area contributed by atoms with Gasteiger partial charge in [0.05, 0.1) is 18.8 Å². The number of rotatable bonds is 7. The number of H-pyrrole nitrogens is 1. The number of aliphatic hydroxyl groups is 1. The molecule has 0 bridgehead atoms. The molecule has 11 heteroatoms. The van der Waals surface area contributed by atoms with Crippen LogP contribution in [-0.2, 0) is 20.9 Å². The number of benzene rings is 1. The molecule has 2 aliphatic rings. The van der Waals surface area contributed by atoms with Crippen molar-refractivity contribution in [1.82, 2.24) is 9.97 Å². The minimum atomic E-state index is -4.05. The summed E-state index contributed by atoms with van der Waals surface area (Å²) in [5, 5.41) is 21.5. The van der Waals surface area contributed by atoms with E-state index in [1.807, 2.05) is 12.1 Å². The molecule has 6 N–H and O–H groups in total. The van der Waals surface area contributed by atoms with Crippen molar-refractivity contribution in [3.05, 3.63) is 51.9 Å². The monoisotopic (exact) mass is 435 g/mol. The van der Waals surface area contributed by atoms with Crippen LogP contribution in [0.15, 0.2) is 35.1 Å². The minimum Gasteiger partial charge on any atom is -0.393 e. The van der Waals surface area contributed by atoms with E-state index >= 15 is 0 Å². The molecule has 1 fully saturated rings. The van der Waals surface area contributed by atoms with E-state index in [1.54, 1.807) is 6.07 Å². The van der Waals surface area contributed by atoms with Crippen molar-refractivity contribution >= 4 is 21.9 Å². The summed E-state index contributed by atoms with van der Waals surface area (Å²) in [6.45, 7) is -0.182. The Morgan fingerprint density at radius 2 is 2.07 bits per heavy atom. The van der Waals surface area contributed by atoms with Crippen molar-refractivity contribution in [2.24, 2.45) is 11.1 Å². The third-order valence-electron chi connectivity index (χ3n) is 5.66. The largest absolute Gasteiger partial charge is 0.393 e. The van der Waals surface area contributed by atoms with E-state index in [4.69, 9.17) is 5.14 Å². The number of aliphatic hydroxyl groups excluding tert-OH is 1. The lowest BCUT2D eigenvalue weighted by Gasteiger charge is -2.17. The normalized spacial score (nSPS) is 25.8. The van der Waals surface area contributed by atoms with Crippen LogP contribution in [-0.4, -0.2) is 42.2 Å². The average Bonchev–Trinajstić information content (AvgIpc) is 3.22. The van der Waals surface area contributed by atoms with E-state index in [-0.39, 0.29) is 24.6 Å². The van der Waals surface area contributed by atoms with Crippen molar-refractivity contribution < 1.29 is 17.7 Å². The van der Waals surface area contributed by atoms with Crippen LogP contribution in [0, 0.1) is 5.92 Å². The van der Waals surface area contributed by atoms with Crippen molar-refractivity contribution in [2.45, 2.75) is 43.9 Å². The molecule has 2 aliphatic carbocycles. The molecule has 0 radical (unpaired) electrons. The highest BCUT2D eigenvalue weighted by Crippen LogP contribution is 2.33. The van der Waals surface area contributed by atoms with Gasteiger partial charge in [0.15, 0.2) is 0 Å². The third kappa shape index (κ3) is 4.98. The lowest BCUT2D eigenvalue weighted by molar-refractivity contribution is 0.101. The van der Waals surface area contributed by atoms with Gasteiger partial charge >= 0.3 is 16.0 Å². The van der Waals surface area contributed by atoms with Gasteiger partial charge in [0.2, 0.25) is 0 Å². The van der Waals surface area contributed by atoms with Gasteiger partial charge in [-0.05, 0) is 36.8 Å². The van der Waals surface area contributed by atoms with Gasteiger partial charge in [-0.25, -0.2) is 9.93 Å². The molecule has 2 aromatic rings. The van der Waals surface area contributed by atoms with Crippen molar-refractivity contribution in [3.8, 4) is 0 Å². The van der Waals surface area contributed by atoms with E-state index in [0.29, 0.717) is 24.5 Å². The Morgan fingerprint density at radius 1 is 1.27 bits per heavy atom. The molecule has 1 heterocycles. The smallest absolute Gasteiger partial charge is 0.348 e. The number of nitrogens with two attached hydrogens (primary N) is 1. The molecule has 0 saturated heterocycles. The standard InChI is InChI=1S/C19H25N5O5S/c20-30(27,28)29-10-12-7-13(8-16(12)25)21-17-9-18(24-19(26)23-17)22-15-6-5-11-3-1-2-4-14(11)15/h1-4,9,12-13,15-16,25H,5-8,10H2,(H2,20,27,28)(H3,21,22,23,24,26)/t12-,13+,15?,16-/m0/s1. The minimum absolute atomic E-state index is 0.0939. The predicted octanol–water partition coefficient (Wildman–Crippen LogP) is 0.641. The average molecular weight is 436 g/mol. The molecule has 10 nitrogen and oxygen atoms in total. The van der Waals surface area contributed by atoms with Crippen LogP contribution < -0.4 is 21.5 Å². The zero-order valence-corrected chi connectivity index (χ0v) is 17.1. The van der Waals surface area contributed by atoms with Crippen LogP contribution in [0.5, 0.6) is 0 Å². The second kappa shape index (κ2) is 8.34. The van der Waals surface area contributed by atoms with Gasteiger partial charge in [-0.1, -0.05) is 24.3 Å². The van der Waals surface area contributed by atoms with Crippen LogP contribution in [0.1, 0.15) is 36.4 Å². The maximum atomic E-state index is 12.0. The maximum Gasteiger partial charge on any atom is 0.348 e. The third-order valence-corrected chi connectivity index (χ3v) is 6.13. The Hall–Kier alpha value is -2.47. The van der Waals surface area contributed by atoms with Crippen molar-refractivity contribution in [2.75, 3.05) is 17.2 Å². The predicted molar refractivity (Wildman–Crippen MR) is 111 cm³/mol. The zero-order chi connectivity index (χ0) is 21.3. The first kappa shape index (κ1) is 20.8. The fourth-order valence-corrected chi connectivity index (χ4v) is 4.66. The quantitative estimate of drug-likeness (QED) is 0.424. The number of aromatic nitrogens is 2. The molecule has 1 aromatic carbocycles. The summed E-state index contributed by atoms with van der Waals surface area (Å²) in [7, 11) is -4.05. The Kier molecular flexibility index (Phi) is 5.78. The molecular weight excluding hydrogens is 410 g/mol. The Balaban J connectivity index is 1.41. The molecule has 4 atom stereocenters. The summed E-state index contributed by atoms with van der Waals surface area (Å²) in [5.41, 5.74) is 2.03. The van der Waals surface area contributed by atoms with E-state index < -0.39 is 22.1 Å². The summed E-state index contributed by atoms with van der Waals surface area (Å²) in [5.74, 6) is 0.576. The topological polar surface area (TPSA) is 159 Å². The number of nitrogens with zero attached hydrogens (tertiary/aromatic N) is 1. The first-order valence-corrected chi connectivity index (χ1v) is 11.3. The number of aryl methyl sites for hydroxylation is 1. The highest BCUT2D eigenvalue weighted by atomic mass is 32.2. The van der Waals surface area contributed by atoms with Gasteiger partial charge in [0.25, 0.3) is 0 Å². The summed E-state index contributed by atoms with van der Waals surface area (Å²) in [6, 6.07) is 9.86. The number of nitrogens with one attached hydrogen (secondary N) is 3. The van der Waals surface area contributed by atoms with Crippen molar-refractivity contribution in [1.29, 1.82) is 0 Å². The van der Waals surface area contributed by atoms with Gasteiger partial charge in [-0.15, -0.1) is 0 Å². The molecule has 30 heavy (non-hydrogen) atoms. The number of hydrogen-bond donors (Lipinski definition) is 5. The molecule has 0 spiro atoms. The second-order valence-electron chi connectivity index (χ2n) is 7.84. The molecule has 0 aliphatic heterocycles. The van der Waals surface area contributed by atoms with Crippen molar-refractivity contribution in [3.63, 3.8) is 0 Å². The lowest BCUT2D eigenvalue weighted by atomic mass is 10.1. The van der Waals surface area contributed by atoms with Gasteiger partial charge in [0.1, 0.15) is 11.6 Å². The maximum absolute atomic E-state index is 12.0. The Morgan fingerprint density at radius 3 is 2.87 bits per heavy atom. The van der Waals surface area contributed by atoms with E-state index in [0.717, 1.165) is 12.8 Å². The molecule has 1 saturated carbocycles. The van der Waals surface area contributed by atoms with Crippen LogP contribution >= 0.6 is 0 Å². The van der Waals surface area contributed by atoms with Gasteiger partial charge in [-0.2, -0.15) is 13.4 Å². The molecule has 1 unspecified atom stereocenters. The second-order valence-corrected chi connectivity index (χ2v) is 9.06. The number of hydrogen-bond acceptors (Lipinski definition) is 8. The van der Waals surface area contributed by atoms with Crippen LogP contribution in [0.25, 0.3) is 0 Å². The summed E-state index contributed by atoms with van der Waals surface area (Å²) < 4.78 is 26.5. The van der Waals surface area contributed by atoms with E-state index in [9.17, 15) is 18.3 Å². The van der Waals surface area contributed by atoms with Crippen LogP contribution in [0.2, 0.25) is 0 Å². The highest BCUT2D eigenvalue weighted by molar-refractivity contribution is 7.84. The first-order chi connectivity index (χ1) is 14.3. The molecule has 162 valence electrons. The van der Waals surface area contributed by atoms with Gasteiger partial charge in [-0.3, -0.25) is 9.17 Å². The van der Waals surface area contributed by atoms with Crippen LogP contribution in [0.4, 0.5) is 11.6 Å². The van der Waals surface area contributed by atoms with Crippen LogP contribution in [0.3, 0.4) is 0 Å². The SMILES string of the molecule is NS(=O)(=O)OC[C@@H]1C[C@@H](Nc2cc(NC3CCc4ccccc43)nc(=O)[nH]2)C[C@@H]1O. The first-order valence-electron chi connectivity index (χ1n) is 9.84. The van der Waals surface area contributed by atoms with E-state index in [1.165, 1.54) is 11.1 Å². The number of anilines is 2. The number of aromatic amines is 1. The summed E-state index contributed by atoms with van der Waals surface area (Å²) in [4.78, 5) is 18.7. The van der Waals surface area contributed by atoms with E-state index in [2.05, 4.69) is 36.9 Å². The highest BCUT2D eigenvalue weighted by Gasteiger charge is 2.34. The lowest BCUT2D eigenvalue weighted by Crippen LogP contribution is -2.24. The van der Waals surface area contributed by atoms with Gasteiger partial charge in [0, 0.05) is 18.0 Å². The molecule has 4 rings (SSSR count). The fourth-order valence-electron chi connectivity index (χ4n) is 4.30.